The van der Waals surface area contributed by atoms with E-state index in [0.717, 1.165) is 6.07 Å². The Hall–Kier alpha value is -1.96. The molecule has 4 aromatic carbocycles. The van der Waals surface area contributed by atoms with Crippen LogP contribution in [0.1, 0.15) is 0 Å². The van der Waals surface area contributed by atoms with Gasteiger partial charge in [0.1, 0.15) is 21.5 Å². The predicted molar refractivity (Wildman–Crippen MR) is 183 cm³/mol. The zero-order chi connectivity index (χ0) is 39.1. The van der Waals surface area contributed by atoms with E-state index < -0.39 is 65.2 Å². The summed E-state index contributed by atoms with van der Waals surface area (Å²) >= 11 is 0.344. The standard InChI is InChI=1S/C29H26FN7O13S4.3Na/c30-27-32-28(34-29(33-27)37(20-6-2-1-3-7-20)12-14-52(40,41)15-13-48-54(45,46)47)31-19-11-10-18-16-23(51-50-49-39)25(26(38)21(18)17-19)36-35-22-8-4-5-9-24(22)53(42,43)44;;;/h1-11,16-17,38-39H,12-15H2,(H,42,43,44)(H,45,46,47)(H,31,32,33,34);;;/q;3*+1/p-3. The quantitative estimate of drug-likeness (QED) is 0.0167. The Kier molecular flexibility index (Phi) is 20.3. The third kappa shape index (κ3) is 14.9. The first kappa shape index (κ1) is 51.2. The first-order valence-electron chi connectivity index (χ1n) is 14.7. The molecule has 0 amide bonds. The molecule has 0 saturated heterocycles. The van der Waals surface area contributed by atoms with Gasteiger partial charge in [-0.2, -0.15) is 23.7 Å². The number of nitrogens with zero attached hydrogens (tertiary/aromatic N) is 6. The zero-order valence-electron chi connectivity index (χ0n) is 29.9. The Morgan fingerprint density at radius 1 is 0.860 bits per heavy atom. The first-order valence-corrected chi connectivity index (χ1v) is 20.0. The number of phenols is 1. The maximum absolute atomic E-state index is 14.9. The van der Waals surface area contributed by atoms with E-state index in [-0.39, 0.29) is 134 Å². The van der Waals surface area contributed by atoms with Gasteiger partial charge in [-0.25, -0.2) is 25.3 Å². The van der Waals surface area contributed by atoms with Crippen molar-refractivity contribution in [3.05, 3.63) is 84.9 Å². The van der Waals surface area contributed by atoms with Crippen LogP contribution >= 0.6 is 12.0 Å². The molecule has 28 heteroatoms. The average Bonchev–Trinajstić information content (AvgIpc) is 3.10. The van der Waals surface area contributed by atoms with E-state index in [9.17, 15) is 49.1 Å². The zero-order valence-corrected chi connectivity index (χ0v) is 39.1. The second kappa shape index (κ2) is 22.6. The van der Waals surface area contributed by atoms with Crippen molar-refractivity contribution < 1.29 is 151 Å². The molecule has 0 atom stereocenters. The summed E-state index contributed by atoms with van der Waals surface area (Å²) in [6.45, 7) is -1.25. The molecule has 0 aliphatic rings. The Balaban J connectivity index is 0.00000374. The molecular formula is C29H23FN7Na3O13S4. The number of azo groups is 1. The molecule has 57 heavy (non-hydrogen) atoms. The molecule has 5 rings (SSSR count). The Morgan fingerprint density at radius 3 is 2.21 bits per heavy atom. The Morgan fingerprint density at radius 2 is 1.54 bits per heavy atom. The van der Waals surface area contributed by atoms with E-state index in [1.54, 1.807) is 30.3 Å². The van der Waals surface area contributed by atoms with E-state index in [4.69, 9.17) is 0 Å². The number of fused-ring (bicyclic) bond motifs is 1. The van der Waals surface area contributed by atoms with E-state index in [0.29, 0.717) is 23.1 Å². The van der Waals surface area contributed by atoms with Crippen molar-refractivity contribution in [2.45, 2.75) is 9.79 Å². The normalized spacial score (nSPS) is 11.7. The molecule has 0 bridgehead atoms. The minimum Gasteiger partial charge on any atom is -0.744 e. The van der Waals surface area contributed by atoms with Crippen LogP contribution in [0, 0.1) is 6.08 Å². The minimum atomic E-state index is -5.11. The second-order valence-electron chi connectivity index (χ2n) is 10.6. The van der Waals surface area contributed by atoms with Gasteiger partial charge in [0, 0.05) is 23.3 Å². The van der Waals surface area contributed by atoms with Gasteiger partial charge < -0.3 is 29.7 Å². The number of rotatable bonds is 17. The fraction of sp³-hybridized carbons (Fsp3) is 0.138. The van der Waals surface area contributed by atoms with Crippen LogP contribution in [0.25, 0.3) is 10.8 Å². The monoisotopic (exact) mass is 893 g/mol. The SMILES string of the molecule is O=S(=O)(CCOS(=O)(=O)[O-])CCN(c1ccccc1)c1nc(F)nc(Nc2ccc3cc(SOO[O-])c(N=Nc4ccccc4S(=O)(=O)[O-])c(O)c3c2)n1.[Na+].[Na+].[Na+]. The van der Waals surface area contributed by atoms with Gasteiger partial charge in [0.15, 0.2) is 15.6 Å². The fourth-order valence-electron chi connectivity index (χ4n) is 4.68. The van der Waals surface area contributed by atoms with Crippen molar-refractivity contribution in [2.75, 3.05) is 34.9 Å². The van der Waals surface area contributed by atoms with Crippen LogP contribution in [0.2, 0.25) is 0 Å². The van der Waals surface area contributed by atoms with Gasteiger partial charge in [-0.3, -0.25) is 9.22 Å². The van der Waals surface area contributed by atoms with Gasteiger partial charge in [0.25, 0.3) is 0 Å². The minimum absolute atomic E-state index is 0. The van der Waals surface area contributed by atoms with E-state index in [1.165, 1.54) is 47.4 Å². The van der Waals surface area contributed by atoms with Crippen molar-refractivity contribution in [1.82, 2.24) is 15.0 Å². The van der Waals surface area contributed by atoms with Gasteiger partial charge in [-0.05, 0) is 47.9 Å². The van der Waals surface area contributed by atoms with Gasteiger partial charge in [-0.1, -0.05) is 36.4 Å². The number of nitrogens with one attached hydrogen (secondary N) is 1. The predicted octanol–water partition coefficient (Wildman–Crippen LogP) is -5.80. The maximum Gasteiger partial charge on any atom is 1.00 e. The smallest absolute Gasteiger partial charge is 0.744 e. The van der Waals surface area contributed by atoms with E-state index >= 15 is 0 Å². The summed E-state index contributed by atoms with van der Waals surface area (Å²) < 4.78 is 116. The van der Waals surface area contributed by atoms with Crippen LogP contribution < -0.4 is 104 Å². The van der Waals surface area contributed by atoms with Crippen molar-refractivity contribution in [2.24, 2.45) is 10.2 Å². The topological polar surface area (TPSA) is 298 Å². The van der Waals surface area contributed by atoms with Gasteiger partial charge in [0.05, 0.1) is 39.9 Å². The average molecular weight is 894 g/mol. The van der Waals surface area contributed by atoms with Crippen molar-refractivity contribution in [3.8, 4) is 5.75 Å². The van der Waals surface area contributed by atoms with Gasteiger partial charge in [0.2, 0.25) is 22.3 Å². The van der Waals surface area contributed by atoms with Crippen molar-refractivity contribution in [3.63, 3.8) is 0 Å². The summed E-state index contributed by atoms with van der Waals surface area (Å²) in [5.74, 6) is -2.68. The molecule has 286 valence electrons. The molecule has 5 aromatic rings. The number of hydrogen-bond acceptors (Lipinski definition) is 21. The van der Waals surface area contributed by atoms with Crippen molar-refractivity contribution in [1.29, 1.82) is 0 Å². The molecule has 0 spiro atoms. The van der Waals surface area contributed by atoms with Crippen LogP contribution in [-0.4, -0.2) is 79.1 Å². The maximum atomic E-state index is 14.9. The summed E-state index contributed by atoms with van der Waals surface area (Å²) in [4.78, 5) is 12.2. The summed E-state index contributed by atoms with van der Waals surface area (Å²) in [6.07, 6.45) is -1.27. The first-order chi connectivity index (χ1) is 25.5. The number of aromatic nitrogens is 3. The molecule has 20 nitrogen and oxygen atoms in total. The molecular weight excluding hydrogens is 871 g/mol. The molecule has 0 saturated carbocycles. The largest absolute Gasteiger partial charge is 1.00 e. The Labute approximate surface area is 395 Å². The summed E-state index contributed by atoms with van der Waals surface area (Å²) in [5, 5.41) is 36.2. The molecule has 0 fully saturated rings. The molecule has 2 N–H and O–H groups in total. The van der Waals surface area contributed by atoms with Gasteiger partial charge in [-0.15, -0.1) is 10.2 Å². The third-order valence-corrected chi connectivity index (χ3v) is 10.6. The molecule has 0 unspecified atom stereocenters. The second-order valence-corrected chi connectivity index (χ2v) is 16.0. The molecule has 0 aliphatic carbocycles. The molecule has 0 radical (unpaired) electrons. The number of benzene rings is 4. The number of anilines is 4. The number of aromatic hydroxyl groups is 1. The molecule has 1 aromatic heterocycles. The number of sulfone groups is 1. The fourth-order valence-corrected chi connectivity index (χ4v) is 7.18. The van der Waals surface area contributed by atoms with Crippen LogP contribution in [0.4, 0.5) is 39.0 Å². The van der Waals surface area contributed by atoms with Crippen LogP contribution in [-0.2, 0) is 43.9 Å². The molecule has 1 heterocycles. The number of phenolic OH excluding ortho intramolecular Hbond substituents is 1. The van der Waals surface area contributed by atoms with Crippen LogP contribution in [0.3, 0.4) is 0 Å². The van der Waals surface area contributed by atoms with E-state index in [1.807, 2.05) is 0 Å². The van der Waals surface area contributed by atoms with E-state index in [2.05, 4.69) is 44.1 Å². The Bertz CT molecular complexity index is 2530. The third-order valence-electron chi connectivity index (χ3n) is 7.01. The summed E-state index contributed by atoms with van der Waals surface area (Å²) in [6, 6.07) is 18.7. The number of hydrogen-bond donors (Lipinski definition) is 2. The van der Waals surface area contributed by atoms with Crippen LogP contribution in [0.5, 0.6) is 5.75 Å². The summed E-state index contributed by atoms with van der Waals surface area (Å²) in [7, 11) is -14.1. The number of halogens is 1. The van der Waals surface area contributed by atoms with Crippen molar-refractivity contribution >= 4 is 87.8 Å². The summed E-state index contributed by atoms with van der Waals surface area (Å²) in [5.41, 5.74) is -0.168. The van der Waals surface area contributed by atoms with Gasteiger partial charge >= 0.3 is 94.8 Å². The van der Waals surface area contributed by atoms with Crippen LogP contribution in [0.15, 0.2) is 98.9 Å². The number of para-hydroxylation sites is 1. The molecule has 0 aliphatic heterocycles.